The third-order valence-electron chi connectivity index (χ3n) is 3.79. The van der Waals surface area contributed by atoms with Crippen molar-refractivity contribution in [3.8, 4) is 0 Å². The topological polar surface area (TPSA) is 139 Å². The van der Waals surface area contributed by atoms with Crippen LogP contribution in [0.2, 0.25) is 0 Å². The zero-order valence-electron chi connectivity index (χ0n) is 12.6. The van der Waals surface area contributed by atoms with Gasteiger partial charge in [-0.25, -0.2) is 0 Å². The number of carboxylic acids is 1. The molecule has 2 atom stereocenters. The van der Waals surface area contributed by atoms with Crippen LogP contribution in [0, 0.1) is 0 Å². The number of piperazine rings is 1. The van der Waals surface area contributed by atoms with E-state index in [1.54, 1.807) is 0 Å². The highest BCUT2D eigenvalue weighted by Gasteiger charge is 2.40. The van der Waals surface area contributed by atoms with Crippen molar-refractivity contribution in [2.75, 3.05) is 6.54 Å². The van der Waals surface area contributed by atoms with Gasteiger partial charge < -0.3 is 26.8 Å². The van der Waals surface area contributed by atoms with Crippen molar-refractivity contribution in [2.45, 2.75) is 31.6 Å². The fourth-order valence-corrected chi connectivity index (χ4v) is 2.54. The van der Waals surface area contributed by atoms with E-state index < -0.39 is 36.3 Å². The molecule has 1 saturated heterocycles. The number of nitrogens with one attached hydrogen (secondary N) is 1. The average molecular weight is 320 g/mol. The van der Waals surface area contributed by atoms with Crippen molar-refractivity contribution >= 4 is 17.8 Å². The first-order valence-electron chi connectivity index (χ1n) is 7.27. The molecule has 1 aliphatic heterocycles. The van der Waals surface area contributed by atoms with Crippen LogP contribution in [-0.2, 0) is 27.5 Å². The van der Waals surface area contributed by atoms with Crippen LogP contribution in [0.25, 0.3) is 0 Å². The first kappa shape index (κ1) is 16.9. The maximum absolute atomic E-state index is 12.5. The molecule has 1 aromatic carbocycles. The van der Waals surface area contributed by atoms with Gasteiger partial charge in [-0.15, -0.1) is 0 Å². The lowest BCUT2D eigenvalue weighted by Crippen LogP contribution is -2.65. The second kappa shape index (κ2) is 7.21. The summed E-state index contributed by atoms with van der Waals surface area (Å²) in [7, 11) is 0. The third-order valence-corrected chi connectivity index (χ3v) is 3.79. The summed E-state index contributed by atoms with van der Waals surface area (Å²) in [5.41, 5.74) is 12.9. The Morgan fingerprint density at radius 2 is 1.78 bits per heavy atom. The highest BCUT2D eigenvalue weighted by Crippen LogP contribution is 2.16. The van der Waals surface area contributed by atoms with Crippen LogP contribution >= 0.6 is 0 Å². The Bertz CT molecular complexity index is 602. The van der Waals surface area contributed by atoms with Crippen LogP contribution in [-0.4, -0.2) is 46.4 Å². The fraction of sp³-hybridized carbons (Fsp3) is 0.400. The number of nitrogens with zero attached hydrogens (tertiary/aromatic N) is 1. The van der Waals surface area contributed by atoms with Crippen LogP contribution in [0.1, 0.15) is 17.5 Å². The van der Waals surface area contributed by atoms with E-state index in [4.69, 9.17) is 16.6 Å². The second-order valence-electron chi connectivity index (χ2n) is 5.40. The van der Waals surface area contributed by atoms with E-state index in [-0.39, 0.29) is 13.1 Å². The van der Waals surface area contributed by atoms with Crippen molar-refractivity contribution in [2.24, 2.45) is 11.5 Å². The Morgan fingerprint density at radius 1 is 1.17 bits per heavy atom. The molecule has 0 saturated carbocycles. The smallest absolute Gasteiger partial charge is 0.305 e. The molecule has 1 heterocycles. The Balaban J connectivity index is 2.21. The molecule has 2 rings (SSSR count). The van der Waals surface area contributed by atoms with Gasteiger partial charge in [0.2, 0.25) is 11.8 Å². The summed E-state index contributed by atoms with van der Waals surface area (Å²) in [6.45, 7) is 0.574. The Hall–Kier alpha value is -2.45. The van der Waals surface area contributed by atoms with Gasteiger partial charge in [0.15, 0.2) is 0 Å². The fourth-order valence-electron chi connectivity index (χ4n) is 2.54. The molecule has 0 radical (unpaired) electrons. The van der Waals surface area contributed by atoms with Crippen LogP contribution in [0.15, 0.2) is 24.3 Å². The van der Waals surface area contributed by atoms with E-state index in [1.807, 2.05) is 24.3 Å². The van der Waals surface area contributed by atoms with Crippen molar-refractivity contribution in [3.05, 3.63) is 35.4 Å². The molecule has 0 aromatic heterocycles. The molecular formula is C15H20N4O4. The van der Waals surface area contributed by atoms with Gasteiger partial charge in [0.05, 0.1) is 6.42 Å². The van der Waals surface area contributed by atoms with Gasteiger partial charge in [-0.2, -0.15) is 0 Å². The molecule has 23 heavy (non-hydrogen) atoms. The molecule has 0 unspecified atom stereocenters. The lowest BCUT2D eigenvalue weighted by Gasteiger charge is -2.38. The van der Waals surface area contributed by atoms with Crippen molar-refractivity contribution in [1.82, 2.24) is 10.2 Å². The number of benzene rings is 1. The number of carbonyl (C=O) groups excluding carboxylic acids is 2. The molecule has 1 aliphatic rings. The molecule has 1 fully saturated rings. The normalized spacial score (nSPS) is 21.2. The van der Waals surface area contributed by atoms with Gasteiger partial charge in [0.25, 0.3) is 0 Å². The largest absolute Gasteiger partial charge is 0.481 e. The summed E-state index contributed by atoms with van der Waals surface area (Å²) in [5, 5.41) is 11.3. The summed E-state index contributed by atoms with van der Waals surface area (Å²) in [6.07, 6.45) is -0.454. The average Bonchev–Trinajstić information content (AvgIpc) is 2.52. The number of nitrogens with two attached hydrogens (primary N) is 2. The maximum atomic E-state index is 12.5. The van der Waals surface area contributed by atoms with E-state index in [2.05, 4.69) is 5.32 Å². The molecule has 1 aromatic rings. The van der Waals surface area contributed by atoms with Gasteiger partial charge in [-0.05, 0) is 11.1 Å². The Morgan fingerprint density at radius 3 is 2.30 bits per heavy atom. The first-order chi connectivity index (χ1) is 11.0. The Labute approximate surface area is 133 Å². The molecular weight excluding hydrogens is 300 g/mol. The van der Waals surface area contributed by atoms with Crippen molar-refractivity contribution < 1.29 is 19.5 Å². The predicted octanol–water partition coefficient (Wildman–Crippen LogP) is -1.23. The van der Waals surface area contributed by atoms with Gasteiger partial charge in [-0.1, -0.05) is 24.3 Å². The summed E-state index contributed by atoms with van der Waals surface area (Å²) in [5.74, 6) is -2.02. The molecule has 0 bridgehead atoms. The summed E-state index contributed by atoms with van der Waals surface area (Å²) < 4.78 is 0. The summed E-state index contributed by atoms with van der Waals surface area (Å²) in [6, 6.07) is 5.46. The number of aliphatic carboxylic acids is 1. The number of amides is 2. The molecule has 0 aliphatic carbocycles. The first-order valence-corrected chi connectivity index (χ1v) is 7.27. The number of rotatable bonds is 6. The van der Waals surface area contributed by atoms with Crippen molar-refractivity contribution in [1.29, 1.82) is 0 Å². The van der Waals surface area contributed by atoms with Gasteiger partial charge in [0.1, 0.15) is 12.1 Å². The van der Waals surface area contributed by atoms with Crippen LogP contribution < -0.4 is 16.8 Å². The lowest BCUT2D eigenvalue weighted by atomic mass is 10.0. The molecule has 124 valence electrons. The minimum Gasteiger partial charge on any atom is -0.481 e. The van der Waals surface area contributed by atoms with E-state index in [9.17, 15) is 14.4 Å². The second-order valence-corrected chi connectivity index (χ2v) is 5.40. The highest BCUT2D eigenvalue weighted by atomic mass is 16.4. The maximum Gasteiger partial charge on any atom is 0.305 e. The standard InChI is InChI=1S/C15H20N4O4/c16-6-9-1-3-10(4-2-9)8-19-12(7-17)14(22)18-11(15(19)23)5-13(20)21/h1-4,11-12H,5-8,16-17H2,(H,18,22)(H,20,21)/t11-,12+/m1/s1. The zero-order valence-corrected chi connectivity index (χ0v) is 12.6. The minimum absolute atomic E-state index is 0.0295. The number of carbonyl (C=O) groups is 3. The van der Waals surface area contributed by atoms with E-state index in [1.165, 1.54) is 4.90 Å². The van der Waals surface area contributed by atoms with E-state index in [0.29, 0.717) is 6.54 Å². The molecule has 8 nitrogen and oxygen atoms in total. The van der Waals surface area contributed by atoms with Crippen LogP contribution in [0.3, 0.4) is 0 Å². The zero-order chi connectivity index (χ0) is 17.0. The Kier molecular flexibility index (Phi) is 5.30. The van der Waals surface area contributed by atoms with Gasteiger partial charge in [0, 0.05) is 19.6 Å². The van der Waals surface area contributed by atoms with Gasteiger partial charge in [-0.3, -0.25) is 14.4 Å². The molecule has 6 N–H and O–H groups in total. The third kappa shape index (κ3) is 3.85. The van der Waals surface area contributed by atoms with Crippen molar-refractivity contribution in [3.63, 3.8) is 0 Å². The molecule has 2 amide bonds. The number of hydrogen-bond donors (Lipinski definition) is 4. The summed E-state index contributed by atoms with van der Waals surface area (Å²) in [4.78, 5) is 36.7. The SMILES string of the molecule is NCc1ccc(CN2C(=O)[C@@H](CC(=O)O)NC(=O)[C@@H]2CN)cc1. The lowest BCUT2D eigenvalue weighted by molar-refractivity contribution is -0.152. The molecule has 0 spiro atoms. The van der Waals surface area contributed by atoms with E-state index >= 15 is 0 Å². The number of hydrogen-bond acceptors (Lipinski definition) is 5. The van der Waals surface area contributed by atoms with Crippen LogP contribution in [0.4, 0.5) is 0 Å². The summed E-state index contributed by atoms with van der Waals surface area (Å²) >= 11 is 0. The monoisotopic (exact) mass is 320 g/mol. The highest BCUT2D eigenvalue weighted by molar-refractivity contribution is 5.98. The minimum atomic E-state index is -1.15. The van der Waals surface area contributed by atoms with Gasteiger partial charge >= 0.3 is 5.97 Å². The number of carboxylic acid groups (broad SMARTS) is 1. The van der Waals surface area contributed by atoms with E-state index in [0.717, 1.165) is 11.1 Å². The molecule has 8 heteroatoms. The quantitative estimate of drug-likeness (QED) is 0.518. The van der Waals surface area contributed by atoms with Crippen LogP contribution in [0.5, 0.6) is 0 Å². The predicted molar refractivity (Wildman–Crippen MR) is 81.9 cm³/mol.